The minimum Gasteiger partial charge on any atom is -0.483 e. The van der Waals surface area contributed by atoms with E-state index in [0.717, 1.165) is 0 Å². The minimum atomic E-state index is -3.57. The van der Waals surface area contributed by atoms with Gasteiger partial charge in [0, 0.05) is 13.1 Å². The van der Waals surface area contributed by atoms with Crippen LogP contribution < -0.4 is 10.1 Å². The highest BCUT2D eigenvalue weighted by molar-refractivity contribution is 7.89. The number of hydrogen-bond acceptors (Lipinski definition) is 5. The number of morpholine rings is 1. The zero-order valence-electron chi connectivity index (χ0n) is 15.4. The van der Waals surface area contributed by atoms with Crippen LogP contribution in [0.5, 0.6) is 5.75 Å². The molecule has 1 aliphatic rings. The highest BCUT2D eigenvalue weighted by Crippen LogP contribution is 2.25. The molecule has 0 bridgehead atoms. The summed E-state index contributed by atoms with van der Waals surface area (Å²) in [5.74, 6) is 0.0766. The molecule has 0 aromatic heterocycles. The average Bonchev–Trinajstić information content (AvgIpc) is 2.69. The number of aryl methyl sites for hydroxylation is 1. The standard InChI is InChI=1S/C19H21ClN2O5S/c1-14-12-15(28(24,25)22-8-10-26-11-9-22)6-7-18(14)27-13-19(23)21-17-5-3-2-4-16(17)20/h2-7,12H,8-11,13H2,1H3,(H,21,23). The van der Waals surface area contributed by atoms with E-state index in [9.17, 15) is 13.2 Å². The highest BCUT2D eigenvalue weighted by Gasteiger charge is 2.26. The van der Waals surface area contributed by atoms with E-state index < -0.39 is 10.0 Å². The predicted octanol–water partition coefficient (Wildman–Crippen LogP) is 2.69. The van der Waals surface area contributed by atoms with Crippen molar-refractivity contribution in [3.05, 3.63) is 53.1 Å². The average molecular weight is 425 g/mol. The van der Waals surface area contributed by atoms with Gasteiger partial charge in [-0.1, -0.05) is 23.7 Å². The maximum atomic E-state index is 12.7. The molecule has 1 heterocycles. The molecule has 2 aromatic rings. The molecule has 2 aromatic carbocycles. The Bertz CT molecular complexity index is 959. The Labute approximate surface area is 169 Å². The molecular weight excluding hydrogens is 404 g/mol. The molecule has 0 unspecified atom stereocenters. The molecule has 1 aliphatic heterocycles. The Kier molecular flexibility index (Phi) is 6.56. The predicted molar refractivity (Wildman–Crippen MR) is 106 cm³/mol. The Balaban J connectivity index is 1.64. The number of carbonyl (C=O) groups excluding carboxylic acids is 1. The number of ether oxygens (including phenoxy) is 2. The number of sulfonamides is 1. The molecule has 28 heavy (non-hydrogen) atoms. The summed E-state index contributed by atoms with van der Waals surface area (Å²) in [5.41, 5.74) is 1.13. The second-order valence-electron chi connectivity index (χ2n) is 6.26. The number of amides is 1. The van der Waals surface area contributed by atoms with Gasteiger partial charge in [0.05, 0.1) is 28.8 Å². The molecule has 0 aliphatic carbocycles. The molecule has 1 saturated heterocycles. The maximum absolute atomic E-state index is 12.7. The van der Waals surface area contributed by atoms with Crippen LogP contribution in [0, 0.1) is 6.92 Å². The lowest BCUT2D eigenvalue weighted by molar-refractivity contribution is -0.118. The molecule has 1 amide bonds. The SMILES string of the molecule is Cc1cc(S(=O)(=O)N2CCOCC2)ccc1OCC(=O)Nc1ccccc1Cl. The van der Waals surface area contributed by atoms with Gasteiger partial charge in [0.1, 0.15) is 5.75 Å². The third kappa shape index (κ3) is 4.82. The molecule has 150 valence electrons. The van der Waals surface area contributed by atoms with Crippen LogP contribution in [0.2, 0.25) is 5.02 Å². The van der Waals surface area contributed by atoms with Gasteiger partial charge < -0.3 is 14.8 Å². The van der Waals surface area contributed by atoms with Crippen molar-refractivity contribution in [3.63, 3.8) is 0 Å². The number of anilines is 1. The van der Waals surface area contributed by atoms with Crippen LogP contribution in [0.3, 0.4) is 0 Å². The lowest BCUT2D eigenvalue weighted by Gasteiger charge is -2.26. The van der Waals surface area contributed by atoms with Crippen LogP contribution in [0.4, 0.5) is 5.69 Å². The van der Waals surface area contributed by atoms with Crippen molar-refractivity contribution in [1.82, 2.24) is 4.31 Å². The largest absolute Gasteiger partial charge is 0.483 e. The fourth-order valence-electron chi connectivity index (χ4n) is 2.77. The van der Waals surface area contributed by atoms with E-state index in [1.807, 2.05) is 0 Å². The van der Waals surface area contributed by atoms with Gasteiger partial charge in [-0.25, -0.2) is 8.42 Å². The molecule has 1 fully saturated rings. The maximum Gasteiger partial charge on any atom is 0.262 e. The van der Waals surface area contributed by atoms with E-state index >= 15 is 0 Å². The van der Waals surface area contributed by atoms with Crippen molar-refractivity contribution >= 4 is 33.2 Å². The molecule has 0 spiro atoms. The van der Waals surface area contributed by atoms with Crippen molar-refractivity contribution in [3.8, 4) is 5.75 Å². The summed E-state index contributed by atoms with van der Waals surface area (Å²) in [5, 5.41) is 3.10. The van der Waals surface area contributed by atoms with Gasteiger partial charge in [0.2, 0.25) is 10.0 Å². The number of para-hydroxylation sites is 1. The van der Waals surface area contributed by atoms with Crippen LogP contribution >= 0.6 is 11.6 Å². The number of rotatable bonds is 6. The normalized spacial score (nSPS) is 15.2. The van der Waals surface area contributed by atoms with E-state index in [0.29, 0.717) is 48.3 Å². The fraction of sp³-hybridized carbons (Fsp3) is 0.316. The third-order valence-corrected chi connectivity index (χ3v) is 6.49. The summed E-state index contributed by atoms with van der Waals surface area (Å²) in [7, 11) is -3.57. The molecule has 3 rings (SSSR count). The number of carbonyl (C=O) groups is 1. The van der Waals surface area contributed by atoms with Crippen LogP contribution in [0.15, 0.2) is 47.4 Å². The summed E-state index contributed by atoms with van der Waals surface area (Å²) in [6.07, 6.45) is 0. The summed E-state index contributed by atoms with van der Waals surface area (Å²) in [4.78, 5) is 12.3. The number of halogens is 1. The van der Waals surface area contributed by atoms with Crippen molar-refractivity contribution in [1.29, 1.82) is 0 Å². The topological polar surface area (TPSA) is 84.9 Å². The van der Waals surface area contributed by atoms with Crippen LogP contribution in [-0.4, -0.2) is 51.5 Å². The molecule has 0 atom stereocenters. The van der Waals surface area contributed by atoms with E-state index in [-0.39, 0.29) is 17.4 Å². The van der Waals surface area contributed by atoms with Gasteiger partial charge in [-0.15, -0.1) is 0 Å². The molecule has 7 nitrogen and oxygen atoms in total. The first kappa shape index (κ1) is 20.6. The Morgan fingerprint density at radius 3 is 2.61 bits per heavy atom. The van der Waals surface area contributed by atoms with Crippen molar-refractivity contribution < 1.29 is 22.7 Å². The van der Waals surface area contributed by atoms with Gasteiger partial charge in [-0.2, -0.15) is 4.31 Å². The number of benzene rings is 2. The van der Waals surface area contributed by atoms with Crippen molar-refractivity contribution in [2.45, 2.75) is 11.8 Å². The summed E-state index contributed by atoms with van der Waals surface area (Å²) in [6, 6.07) is 11.5. The first-order valence-corrected chi connectivity index (χ1v) is 10.6. The summed E-state index contributed by atoms with van der Waals surface area (Å²) >= 11 is 6.01. The Hall–Kier alpha value is -2.13. The number of hydrogen-bond donors (Lipinski definition) is 1. The first-order chi connectivity index (χ1) is 13.4. The monoisotopic (exact) mass is 424 g/mol. The molecule has 0 saturated carbocycles. The summed E-state index contributed by atoms with van der Waals surface area (Å²) < 4.78 is 37.6. The lowest BCUT2D eigenvalue weighted by Crippen LogP contribution is -2.40. The number of nitrogens with one attached hydrogen (secondary N) is 1. The smallest absolute Gasteiger partial charge is 0.262 e. The van der Waals surface area contributed by atoms with E-state index in [2.05, 4.69) is 5.32 Å². The number of nitrogens with zero attached hydrogens (tertiary/aromatic N) is 1. The van der Waals surface area contributed by atoms with Crippen LogP contribution in [0.1, 0.15) is 5.56 Å². The third-order valence-electron chi connectivity index (χ3n) is 4.26. The Morgan fingerprint density at radius 1 is 1.21 bits per heavy atom. The summed E-state index contributed by atoms with van der Waals surface area (Å²) in [6.45, 7) is 2.96. The van der Waals surface area contributed by atoms with Crippen LogP contribution in [0.25, 0.3) is 0 Å². The highest BCUT2D eigenvalue weighted by atomic mass is 35.5. The second-order valence-corrected chi connectivity index (χ2v) is 8.61. The van der Waals surface area contributed by atoms with Gasteiger partial charge in [0.15, 0.2) is 6.61 Å². The molecule has 0 radical (unpaired) electrons. The fourth-order valence-corrected chi connectivity index (χ4v) is 4.45. The first-order valence-electron chi connectivity index (χ1n) is 8.73. The van der Waals surface area contributed by atoms with Crippen molar-refractivity contribution in [2.75, 3.05) is 38.2 Å². The van der Waals surface area contributed by atoms with E-state index in [1.54, 1.807) is 43.3 Å². The lowest BCUT2D eigenvalue weighted by atomic mass is 10.2. The van der Waals surface area contributed by atoms with Gasteiger partial charge >= 0.3 is 0 Å². The molecule has 1 N–H and O–H groups in total. The van der Waals surface area contributed by atoms with Gasteiger partial charge in [0.25, 0.3) is 5.91 Å². The zero-order valence-corrected chi connectivity index (χ0v) is 16.9. The van der Waals surface area contributed by atoms with Gasteiger partial charge in [-0.3, -0.25) is 4.79 Å². The van der Waals surface area contributed by atoms with E-state index in [1.165, 1.54) is 10.4 Å². The van der Waals surface area contributed by atoms with Crippen molar-refractivity contribution in [2.24, 2.45) is 0 Å². The quantitative estimate of drug-likeness (QED) is 0.770. The van der Waals surface area contributed by atoms with Gasteiger partial charge in [-0.05, 0) is 42.8 Å². The van der Waals surface area contributed by atoms with Crippen LogP contribution in [-0.2, 0) is 19.6 Å². The van der Waals surface area contributed by atoms with E-state index in [4.69, 9.17) is 21.1 Å². The second kappa shape index (κ2) is 8.91. The minimum absolute atomic E-state index is 0.194. The zero-order chi connectivity index (χ0) is 20.1. The Morgan fingerprint density at radius 2 is 1.93 bits per heavy atom. The molecule has 9 heteroatoms. The molecular formula is C19H21ClN2O5S.